The lowest BCUT2D eigenvalue weighted by atomic mass is 10.1. The summed E-state index contributed by atoms with van der Waals surface area (Å²) in [6.07, 6.45) is 2.56. The Bertz CT molecular complexity index is 512. The normalized spacial score (nSPS) is 11.2. The average molecular weight is 291 g/mol. The molecule has 0 fully saturated rings. The molecular weight excluding hydrogens is 270 g/mol. The van der Waals surface area contributed by atoms with Crippen molar-refractivity contribution < 1.29 is 19.1 Å². The Kier molecular flexibility index (Phi) is 5.96. The Hall–Kier alpha value is -2.30. The predicted octanol–water partition coefficient (Wildman–Crippen LogP) is 2.90. The topological polar surface area (TPSA) is 64.6 Å². The number of amides is 1. The van der Waals surface area contributed by atoms with E-state index < -0.39 is 12.1 Å². The summed E-state index contributed by atoms with van der Waals surface area (Å²) in [6.45, 7) is 5.85. The predicted molar refractivity (Wildman–Crippen MR) is 80.6 cm³/mol. The van der Waals surface area contributed by atoms with E-state index >= 15 is 0 Å². The van der Waals surface area contributed by atoms with E-state index in [9.17, 15) is 9.59 Å². The molecule has 114 valence electrons. The van der Waals surface area contributed by atoms with Crippen LogP contribution < -0.4 is 5.32 Å². The third-order valence-corrected chi connectivity index (χ3v) is 2.44. The van der Waals surface area contributed by atoms with Crippen molar-refractivity contribution in [3.63, 3.8) is 0 Å². The van der Waals surface area contributed by atoms with Gasteiger partial charge in [-0.2, -0.15) is 0 Å². The van der Waals surface area contributed by atoms with Crippen molar-refractivity contribution in [1.82, 2.24) is 5.32 Å². The number of nitrogens with one attached hydrogen (secondary N) is 1. The zero-order valence-electron chi connectivity index (χ0n) is 12.8. The highest BCUT2D eigenvalue weighted by atomic mass is 16.5. The molecule has 1 N–H and O–H groups in total. The zero-order valence-corrected chi connectivity index (χ0v) is 12.8. The van der Waals surface area contributed by atoms with Gasteiger partial charge in [0.15, 0.2) is 0 Å². The van der Waals surface area contributed by atoms with Gasteiger partial charge in [0.05, 0.1) is 7.11 Å². The molecule has 1 aromatic rings. The molecular formula is C16H21NO4. The number of benzene rings is 1. The summed E-state index contributed by atoms with van der Waals surface area (Å²) in [7, 11) is 1.33. The standard InChI is InChI=1S/C16H21NO4/c1-16(2,3)17-15(19)21-11-13-7-5-12(6-8-13)9-10-14(18)20-4/h5-10H,11H2,1-4H3,(H,17,19)/b10-9+. The highest BCUT2D eigenvalue weighted by Crippen LogP contribution is 2.08. The van der Waals surface area contributed by atoms with Crippen LogP contribution in [0.2, 0.25) is 0 Å². The summed E-state index contributed by atoms with van der Waals surface area (Å²) in [6, 6.07) is 7.34. The molecule has 1 amide bonds. The monoisotopic (exact) mass is 291 g/mol. The molecule has 5 heteroatoms. The van der Waals surface area contributed by atoms with Crippen LogP contribution in [-0.2, 0) is 20.9 Å². The molecule has 0 heterocycles. The SMILES string of the molecule is COC(=O)/C=C/c1ccc(COC(=O)NC(C)(C)C)cc1. The number of alkyl carbamates (subject to hydrolysis) is 1. The van der Waals surface area contributed by atoms with E-state index in [0.29, 0.717) is 0 Å². The van der Waals surface area contributed by atoms with Crippen LogP contribution in [0, 0.1) is 0 Å². The minimum atomic E-state index is -0.447. The van der Waals surface area contributed by atoms with Gasteiger partial charge in [-0.3, -0.25) is 0 Å². The number of carbonyl (C=O) groups excluding carboxylic acids is 2. The molecule has 0 saturated heterocycles. The zero-order chi connectivity index (χ0) is 15.9. The van der Waals surface area contributed by atoms with Gasteiger partial charge in [0.1, 0.15) is 6.61 Å². The summed E-state index contributed by atoms with van der Waals surface area (Å²) >= 11 is 0. The first-order chi connectivity index (χ1) is 9.80. The van der Waals surface area contributed by atoms with Crippen molar-refractivity contribution in [3.05, 3.63) is 41.5 Å². The number of rotatable bonds is 4. The van der Waals surface area contributed by atoms with Gasteiger partial charge in [0.2, 0.25) is 0 Å². The minimum absolute atomic E-state index is 0.197. The van der Waals surface area contributed by atoms with Crippen LogP contribution in [0.3, 0.4) is 0 Å². The van der Waals surface area contributed by atoms with Crippen LogP contribution in [0.15, 0.2) is 30.3 Å². The molecule has 0 aliphatic carbocycles. The fourth-order valence-electron chi connectivity index (χ4n) is 1.45. The number of ether oxygens (including phenoxy) is 2. The third kappa shape index (κ3) is 7.15. The maximum Gasteiger partial charge on any atom is 0.407 e. The Morgan fingerprint density at radius 3 is 2.33 bits per heavy atom. The summed E-state index contributed by atoms with van der Waals surface area (Å²) in [5.74, 6) is -0.402. The lowest BCUT2D eigenvalue weighted by Gasteiger charge is -2.19. The molecule has 0 radical (unpaired) electrons. The van der Waals surface area contributed by atoms with Crippen molar-refractivity contribution in [2.75, 3.05) is 7.11 Å². The van der Waals surface area contributed by atoms with Gasteiger partial charge in [-0.1, -0.05) is 24.3 Å². The number of carbonyl (C=O) groups is 2. The Labute approximate surface area is 124 Å². The summed E-state index contributed by atoms with van der Waals surface area (Å²) in [5.41, 5.74) is 1.41. The molecule has 0 atom stereocenters. The average Bonchev–Trinajstić information content (AvgIpc) is 2.41. The summed E-state index contributed by atoms with van der Waals surface area (Å²) in [5, 5.41) is 2.72. The fourth-order valence-corrected chi connectivity index (χ4v) is 1.45. The van der Waals surface area contributed by atoms with E-state index in [-0.39, 0.29) is 12.1 Å². The fraction of sp³-hybridized carbons (Fsp3) is 0.375. The van der Waals surface area contributed by atoms with Crippen LogP contribution in [0.25, 0.3) is 6.08 Å². The van der Waals surface area contributed by atoms with E-state index in [1.807, 2.05) is 45.0 Å². The molecule has 0 aliphatic heterocycles. The van der Waals surface area contributed by atoms with E-state index in [2.05, 4.69) is 10.1 Å². The highest BCUT2D eigenvalue weighted by molar-refractivity contribution is 5.86. The van der Waals surface area contributed by atoms with E-state index in [1.165, 1.54) is 13.2 Å². The molecule has 1 rings (SSSR count). The molecule has 1 aromatic carbocycles. The molecule has 0 aliphatic rings. The first kappa shape index (κ1) is 16.8. The van der Waals surface area contributed by atoms with Gasteiger partial charge in [0.25, 0.3) is 0 Å². The molecule has 0 unspecified atom stereocenters. The minimum Gasteiger partial charge on any atom is -0.466 e. The first-order valence-electron chi connectivity index (χ1n) is 6.60. The molecule has 0 aromatic heterocycles. The highest BCUT2D eigenvalue weighted by Gasteiger charge is 2.14. The molecule has 0 spiro atoms. The Morgan fingerprint density at radius 1 is 1.19 bits per heavy atom. The quantitative estimate of drug-likeness (QED) is 0.684. The van der Waals surface area contributed by atoms with Gasteiger partial charge < -0.3 is 14.8 Å². The van der Waals surface area contributed by atoms with Crippen LogP contribution in [0.4, 0.5) is 4.79 Å². The van der Waals surface area contributed by atoms with Gasteiger partial charge in [0, 0.05) is 11.6 Å². The largest absolute Gasteiger partial charge is 0.466 e. The van der Waals surface area contributed by atoms with Crippen molar-refractivity contribution in [2.24, 2.45) is 0 Å². The number of hydrogen-bond donors (Lipinski definition) is 1. The Balaban J connectivity index is 2.50. The van der Waals surface area contributed by atoms with Gasteiger partial charge in [-0.25, -0.2) is 9.59 Å². The number of hydrogen-bond acceptors (Lipinski definition) is 4. The molecule has 0 saturated carbocycles. The summed E-state index contributed by atoms with van der Waals surface area (Å²) in [4.78, 5) is 22.5. The second-order valence-electron chi connectivity index (χ2n) is 5.55. The van der Waals surface area contributed by atoms with Gasteiger partial charge in [-0.05, 0) is 38.0 Å². The second kappa shape index (κ2) is 7.47. The molecule has 5 nitrogen and oxygen atoms in total. The van der Waals surface area contributed by atoms with Crippen molar-refractivity contribution >= 4 is 18.1 Å². The van der Waals surface area contributed by atoms with Crippen LogP contribution in [0.5, 0.6) is 0 Å². The summed E-state index contributed by atoms with van der Waals surface area (Å²) < 4.78 is 9.63. The van der Waals surface area contributed by atoms with Crippen LogP contribution in [-0.4, -0.2) is 24.7 Å². The third-order valence-electron chi connectivity index (χ3n) is 2.44. The smallest absolute Gasteiger partial charge is 0.407 e. The van der Waals surface area contributed by atoms with E-state index in [4.69, 9.17) is 4.74 Å². The number of methoxy groups -OCH3 is 1. The molecule has 21 heavy (non-hydrogen) atoms. The maximum atomic E-state index is 11.5. The van der Waals surface area contributed by atoms with E-state index in [1.54, 1.807) is 6.08 Å². The van der Waals surface area contributed by atoms with Gasteiger partial charge >= 0.3 is 12.1 Å². The van der Waals surface area contributed by atoms with Crippen LogP contribution in [0.1, 0.15) is 31.9 Å². The van der Waals surface area contributed by atoms with Gasteiger partial charge in [-0.15, -0.1) is 0 Å². The lowest BCUT2D eigenvalue weighted by molar-refractivity contribution is -0.134. The Morgan fingerprint density at radius 2 is 1.81 bits per heavy atom. The lowest BCUT2D eigenvalue weighted by Crippen LogP contribution is -2.40. The second-order valence-corrected chi connectivity index (χ2v) is 5.55. The first-order valence-corrected chi connectivity index (χ1v) is 6.60. The van der Waals surface area contributed by atoms with Crippen LogP contribution >= 0.6 is 0 Å². The number of esters is 1. The molecule has 0 bridgehead atoms. The maximum absolute atomic E-state index is 11.5. The van der Waals surface area contributed by atoms with E-state index in [0.717, 1.165) is 11.1 Å². The van der Waals surface area contributed by atoms with Crippen molar-refractivity contribution in [1.29, 1.82) is 0 Å². The van der Waals surface area contributed by atoms with Crippen molar-refractivity contribution in [3.8, 4) is 0 Å². The van der Waals surface area contributed by atoms with Crippen molar-refractivity contribution in [2.45, 2.75) is 32.9 Å².